The molecule has 2 atom stereocenters. The normalized spacial score (nSPS) is 33.6. The van der Waals surface area contributed by atoms with Crippen LogP contribution < -0.4 is 5.32 Å². The van der Waals surface area contributed by atoms with Crippen molar-refractivity contribution in [3.8, 4) is 0 Å². The van der Waals surface area contributed by atoms with Crippen molar-refractivity contribution in [2.45, 2.75) is 71.5 Å². The topological polar surface area (TPSA) is 15.3 Å². The average Bonchev–Trinajstić information content (AvgIpc) is 2.25. The van der Waals surface area contributed by atoms with Gasteiger partial charge in [0.05, 0.1) is 0 Å². The Hall–Kier alpha value is -0.0800. The molecule has 1 aliphatic heterocycles. The van der Waals surface area contributed by atoms with Gasteiger partial charge in [0, 0.05) is 30.7 Å². The van der Waals surface area contributed by atoms with Gasteiger partial charge in [-0.15, -0.1) is 0 Å². The second-order valence-corrected chi connectivity index (χ2v) is 5.26. The van der Waals surface area contributed by atoms with E-state index in [2.05, 4.69) is 44.8 Å². The molecule has 0 aromatic heterocycles. The molecule has 0 spiro atoms. The van der Waals surface area contributed by atoms with Crippen LogP contribution in [0.15, 0.2) is 0 Å². The van der Waals surface area contributed by atoms with Crippen molar-refractivity contribution < 1.29 is 0 Å². The van der Waals surface area contributed by atoms with Crippen LogP contribution in [0.1, 0.15) is 53.9 Å². The quantitative estimate of drug-likeness (QED) is 0.770. The van der Waals surface area contributed by atoms with Crippen LogP contribution in [0.5, 0.6) is 0 Å². The lowest BCUT2D eigenvalue weighted by atomic mass is 9.89. The molecule has 15 heavy (non-hydrogen) atoms. The highest BCUT2D eigenvalue weighted by Gasteiger charge is 2.37. The molecule has 1 rings (SSSR count). The first-order valence-electron chi connectivity index (χ1n) is 6.57. The van der Waals surface area contributed by atoms with Gasteiger partial charge in [-0.3, -0.25) is 4.90 Å². The van der Waals surface area contributed by atoms with Gasteiger partial charge >= 0.3 is 0 Å². The van der Waals surface area contributed by atoms with E-state index in [1.54, 1.807) is 0 Å². The Morgan fingerprint density at radius 3 is 2.40 bits per heavy atom. The molecule has 0 aromatic rings. The van der Waals surface area contributed by atoms with E-state index in [1.165, 1.54) is 25.8 Å². The summed E-state index contributed by atoms with van der Waals surface area (Å²) >= 11 is 0. The largest absolute Gasteiger partial charge is 0.311 e. The van der Waals surface area contributed by atoms with Crippen LogP contribution >= 0.6 is 0 Å². The fraction of sp³-hybridized carbons (Fsp3) is 1.00. The van der Waals surface area contributed by atoms with E-state index >= 15 is 0 Å². The third-order valence-corrected chi connectivity index (χ3v) is 4.14. The molecule has 0 saturated carbocycles. The summed E-state index contributed by atoms with van der Waals surface area (Å²) in [5.41, 5.74) is 0.364. The predicted molar refractivity (Wildman–Crippen MR) is 67.2 cm³/mol. The first-order chi connectivity index (χ1) is 7.07. The number of hydrogen-bond donors (Lipinski definition) is 1. The Bertz CT molecular complexity index is 189. The lowest BCUT2D eigenvalue weighted by molar-refractivity contribution is 0.0101. The van der Waals surface area contributed by atoms with Gasteiger partial charge in [0.2, 0.25) is 0 Å². The standard InChI is InChI=1S/C13H28N2/c1-6-12(7-2)15-9-11(4)14-10-13(15,5)8-3/h11-12,14H,6-10H2,1-5H3. The van der Waals surface area contributed by atoms with Crippen molar-refractivity contribution >= 4 is 0 Å². The van der Waals surface area contributed by atoms with Gasteiger partial charge in [-0.1, -0.05) is 20.8 Å². The fourth-order valence-electron chi connectivity index (χ4n) is 2.72. The van der Waals surface area contributed by atoms with E-state index in [9.17, 15) is 0 Å². The van der Waals surface area contributed by atoms with Gasteiger partial charge in [-0.2, -0.15) is 0 Å². The van der Waals surface area contributed by atoms with Crippen molar-refractivity contribution in [1.82, 2.24) is 10.2 Å². The van der Waals surface area contributed by atoms with E-state index < -0.39 is 0 Å². The minimum atomic E-state index is 0.364. The van der Waals surface area contributed by atoms with E-state index in [0.29, 0.717) is 11.6 Å². The Morgan fingerprint density at radius 2 is 1.93 bits per heavy atom. The lowest BCUT2D eigenvalue weighted by Crippen LogP contribution is -2.64. The van der Waals surface area contributed by atoms with Crippen molar-refractivity contribution in [3.63, 3.8) is 0 Å². The summed E-state index contributed by atoms with van der Waals surface area (Å²) in [4.78, 5) is 2.74. The molecule has 0 aromatic carbocycles. The third kappa shape index (κ3) is 2.73. The maximum Gasteiger partial charge on any atom is 0.0306 e. The molecule has 1 saturated heterocycles. The number of piperazine rings is 1. The fourth-order valence-corrected chi connectivity index (χ4v) is 2.72. The molecule has 0 amide bonds. The van der Waals surface area contributed by atoms with Crippen molar-refractivity contribution in [2.24, 2.45) is 0 Å². The Labute approximate surface area is 95.4 Å². The van der Waals surface area contributed by atoms with E-state index in [4.69, 9.17) is 0 Å². The molecule has 1 fully saturated rings. The molecular formula is C13H28N2. The van der Waals surface area contributed by atoms with Crippen LogP contribution in [-0.4, -0.2) is 35.6 Å². The summed E-state index contributed by atoms with van der Waals surface area (Å²) in [6.07, 6.45) is 3.79. The van der Waals surface area contributed by atoms with E-state index in [1.807, 2.05) is 0 Å². The second-order valence-electron chi connectivity index (χ2n) is 5.26. The smallest absolute Gasteiger partial charge is 0.0306 e. The number of nitrogens with one attached hydrogen (secondary N) is 1. The van der Waals surface area contributed by atoms with Crippen LogP contribution in [0.3, 0.4) is 0 Å². The molecule has 2 unspecified atom stereocenters. The highest BCUT2D eigenvalue weighted by molar-refractivity contribution is 4.96. The number of hydrogen-bond acceptors (Lipinski definition) is 2. The predicted octanol–water partition coefficient (Wildman–Crippen LogP) is 2.64. The summed E-state index contributed by atoms with van der Waals surface area (Å²) in [5, 5.41) is 3.61. The van der Waals surface area contributed by atoms with Crippen LogP contribution in [0, 0.1) is 0 Å². The zero-order valence-electron chi connectivity index (χ0n) is 11.1. The maximum atomic E-state index is 3.61. The van der Waals surface area contributed by atoms with Crippen LogP contribution in [0.4, 0.5) is 0 Å². The highest BCUT2D eigenvalue weighted by atomic mass is 15.3. The third-order valence-electron chi connectivity index (χ3n) is 4.14. The Balaban J connectivity index is 2.78. The van der Waals surface area contributed by atoms with Gasteiger partial charge < -0.3 is 5.32 Å². The highest BCUT2D eigenvalue weighted by Crippen LogP contribution is 2.27. The van der Waals surface area contributed by atoms with Crippen molar-refractivity contribution in [1.29, 1.82) is 0 Å². The molecule has 1 heterocycles. The molecule has 1 N–H and O–H groups in total. The monoisotopic (exact) mass is 212 g/mol. The van der Waals surface area contributed by atoms with Crippen LogP contribution in [-0.2, 0) is 0 Å². The summed E-state index contributed by atoms with van der Waals surface area (Å²) in [6.45, 7) is 14.0. The van der Waals surface area contributed by atoms with Gasteiger partial charge in [0.15, 0.2) is 0 Å². The molecule has 0 aliphatic carbocycles. The molecule has 1 aliphatic rings. The van der Waals surface area contributed by atoms with Gasteiger partial charge in [-0.25, -0.2) is 0 Å². The molecular weight excluding hydrogens is 184 g/mol. The molecule has 90 valence electrons. The first-order valence-corrected chi connectivity index (χ1v) is 6.57. The zero-order valence-corrected chi connectivity index (χ0v) is 11.1. The van der Waals surface area contributed by atoms with Crippen LogP contribution in [0.2, 0.25) is 0 Å². The molecule has 2 nitrogen and oxygen atoms in total. The summed E-state index contributed by atoms with van der Waals surface area (Å²) in [7, 11) is 0. The minimum Gasteiger partial charge on any atom is -0.311 e. The summed E-state index contributed by atoms with van der Waals surface area (Å²) < 4.78 is 0. The van der Waals surface area contributed by atoms with Gasteiger partial charge in [-0.05, 0) is 33.1 Å². The molecule has 0 bridgehead atoms. The summed E-state index contributed by atoms with van der Waals surface area (Å²) in [5.74, 6) is 0. The maximum absolute atomic E-state index is 3.61. The SMILES string of the molecule is CCC(CC)N1CC(C)NCC1(C)CC. The second kappa shape index (κ2) is 5.31. The van der Waals surface area contributed by atoms with Crippen LogP contribution in [0.25, 0.3) is 0 Å². The average molecular weight is 212 g/mol. The minimum absolute atomic E-state index is 0.364. The molecule has 0 radical (unpaired) electrons. The van der Waals surface area contributed by atoms with E-state index in [-0.39, 0.29) is 0 Å². The number of nitrogens with zero attached hydrogens (tertiary/aromatic N) is 1. The first kappa shape index (κ1) is 13.0. The Kier molecular flexibility index (Phi) is 4.60. The molecule has 2 heteroatoms. The van der Waals surface area contributed by atoms with Crippen molar-refractivity contribution in [3.05, 3.63) is 0 Å². The van der Waals surface area contributed by atoms with Crippen molar-refractivity contribution in [2.75, 3.05) is 13.1 Å². The van der Waals surface area contributed by atoms with Gasteiger partial charge in [0.25, 0.3) is 0 Å². The number of rotatable bonds is 4. The lowest BCUT2D eigenvalue weighted by Gasteiger charge is -2.50. The van der Waals surface area contributed by atoms with Gasteiger partial charge in [0.1, 0.15) is 0 Å². The van der Waals surface area contributed by atoms with E-state index in [0.717, 1.165) is 12.6 Å². The zero-order chi connectivity index (χ0) is 11.5. The summed E-state index contributed by atoms with van der Waals surface area (Å²) in [6, 6.07) is 1.41. The Morgan fingerprint density at radius 1 is 1.33 bits per heavy atom.